The Bertz CT molecular complexity index is 198. The van der Waals surface area contributed by atoms with E-state index >= 15 is 0 Å². The van der Waals surface area contributed by atoms with E-state index in [-0.39, 0.29) is 17.9 Å². The molecule has 0 aliphatic heterocycles. The van der Waals surface area contributed by atoms with E-state index in [0.717, 1.165) is 25.7 Å². The molecule has 0 rings (SSSR count). The molecule has 0 aromatic heterocycles. The molecule has 5 heteroatoms. The quantitative estimate of drug-likeness (QED) is 0.371. The van der Waals surface area contributed by atoms with E-state index in [1.807, 2.05) is 13.8 Å². The highest BCUT2D eigenvalue weighted by Crippen LogP contribution is 2.01. The van der Waals surface area contributed by atoms with Crippen molar-refractivity contribution in [2.75, 3.05) is 6.54 Å². The maximum atomic E-state index is 11.3. The van der Waals surface area contributed by atoms with E-state index in [1.165, 1.54) is 0 Å². The molecule has 0 saturated carbocycles. The number of amides is 1. The van der Waals surface area contributed by atoms with Crippen LogP contribution in [0.2, 0.25) is 0 Å². The Hall–Kier alpha value is -0.470. The predicted molar refractivity (Wildman–Crippen MR) is 64.4 cm³/mol. The van der Waals surface area contributed by atoms with Gasteiger partial charge < -0.3 is 15.2 Å². The van der Waals surface area contributed by atoms with Crippen molar-refractivity contribution in [1.29, 1.82) is 0 Å². The lowest BCUT2D eigenvalue weighted by molar-refractivity contribution is -0.126. The van der Waals surface area contributed by atoms with Gasteiger partial charge in [-0.1, -0.05) is 23.2 Å². The second kappa shape index (κ2) is 8.81. The molecule has 0 heterocycles. The minimum Gasteiger partial charge on any atom is -0.346 e. The monoisotopic (exact) mass is 232 g/mol. The highest BCUT2D eigenvalue weighted by molar-refractivity contribution is 7.13. The topological polar surface area (TPSA) is 58.2 Å². The van der Waals surface area contributed by atoms with E-state index in [0.29, 0.717) is 6.42 Å². The number of rotatable bonds is 8. The summed E-state index contributed by atoms with van der Waals surface area (Å²) in [7, 11) is 2.44. The summed E-state index contributed by atoms with van der Waals surface area (Å²) in [6.07, 6.45) is 3.47. The molecule has 88 valence electrons. The number of hydrogen-bond donors (Lipinski definition) is 2. The summed E-state index contributed by atoms with van der Waals surface area (Å²) in [6, 6.07) is -0.329. The molecule has 2 N–H and O–H groups in total. The van der Waals surface area contributed by atoms with Gasteiger partial charge in [0, 0.05) is 5.92 Å². The maximum absolute atomic E-state index is 11.3. The minimum atomic E-state index is -0.329. The fourth-order valence-corrected chi connectivity index (χ4v) is 1.32. The van der Waals surface area contributed by atoms with Gasteiger partial charge >= 0.3 is 0 Å². The third kappa shape index (κ3) is 7.46. The Kier molecular flexibility index (Phi) is 8.53. The fraction of sp³-hybridized carbons (Fsp3) is 0.800. The van der Waals surface area contributed by atoms with Crippen LogP contribution in [0.3, 0.4) is 0 Å². The van der Waals surface area contributed by atoms with Crippen LogP contribution in [-0.4, -0.2) is 24.8 Å². The van der Waals surface area contributed by atoms with E-state index in [4.69, 9.17) is 0 Å². The van der Waals surface area contributed by atoms with Crippen molar-refractivity contribution < 1.29 is 9.59 Å². The SMILES string of the molecule is CC(C)C(=O)NC(C=O)CCCCNP. The average molecular weight is 232 g/mol. The van der Waals surface area contributed by atoms with Crippen LogP contribution in [0.1, 0.15) is 33.1 Å². The summed E-state index contributed by atoms with van der Waals surface area (Å²) in [6.45, 7) is 4.54. The number of hydrogen-bond acceptors (Lipinski definition) is 3. The van der Waals surface area contributed by atoms with Crippen LogP contribution in [0.4, 0.5) is 0 Å². The van der Waals surface area contributed by atoms with Gasteiger partial charge in [-0.15, -0.1) is 0 Å². The molecule has 0 bridgehead atoms. The first-order valence-electron chi connectivity index (χ1n) is 5.31. The zero-order valence-corrected chi connectivity index (χ0v) is 10.6. The van der Waals surface area contributed by atoms with E-state index < -0.39 is 0 Å². The molecule has 2 unspecified atom stereocenters. The molecule has 0 aromatic rings. The lowest BCUT2D eigenvalue weighted by Crippen LogP contribution is -2.38. The van der Waals surface area contributed by atoms with Crippen molar-refractivity contribution in [3.63, 3.8) is 0 Å². The Morgan fingerprint density at radius 2 is 2.07 bits per heavy atom. The zero-order chi connectivity index (χ0) is 11.7. The van der Waals surface area contributed by atoms with E-state index in [9.17, 15) is 9.59 Å². The van der Waals surface area contributed by atoms with Crippen molar-refractivity contribution >= 4 is 21.6 Å². The normalized spacial score (nSPS) is 12.5. The van der Waals surface area contributed by atoms with Crippen LogP contribution < -0.4 is 10.4 Å². The van der Waals surface area contributed by atoms with Gasteiger partial charge in [0.2, 0.25) is 5.91 Å². The van der Waals surface area contributed by atoms with Crippen molar-refractivity contribution in [3.8, 4) is 0 Å². The summed E-state index contributed by atoms with van der Waals surface area (Å²) in [5.41, 5.74) is 0. The molecule has 0 aliphatic carbocycles. The van der Waals surface area contributed by atoms with Crippen LogP contribution >= 0.6 is 9.39 Å². The molecule has 0 fully saturated rings. The highest BCUT2D eigenvalue weighted by atomic mass is 31.0. The third-order valence-corrected chi connectivity index (χ3v) is 2.39. The van der Waals surface area contributed by atoms with E-state index in [2.05, 4.69) is 19.8 Å². The number of nitrogens with one attached hydrogen (secondary N) is 2. The Morgan fingerprint density at radius 1 is 1.40 bits per heavy atom. The Labute approximate surface area is 93.8 Å². The van der Waals surface area contributed by atoms with Gasteiger partial charge in [0.15, 0.2) is 0 Å². The van der Waals surface area contributed by atoms with Gasteiger partial charge in [-0.25, -0.2) is 0 Å². The Balaban J connectivity index is 3.73. The van der Waals surface area contributed by atoms with Crippen molar-refractivity contribution in [1.82, 2.24) is 10.4 Å². The highest BCUT2D eigenvalue weighted by Gasteiger charge is 2.13. The summed E-state index contributed by atoms with van der Waals surface area (Å²) in [5.74, 6) is -0.127. The van der Waals surface area contributed by atoms with Crippen molar-refractivity contribution in [2.45, 2.75) is 39.2 Å². The van der Waals surface area contributed by atoms with Gasteiger partial charge in [-0.05, 0) is 25.8 Å². The molecular weight excluding hydrogens is 211 g/mol. The van der Waals surface area contributed by atoms with Gasteiger partial charge in [-0.2, -0.15) is 0 Å². The number of carbonyl (C=O) groups excluding carboxylic acids is 2. The smallest absolute Gasteiger partial charge is 0.223 e. The molecule has 0 aromatic carbocycles. The molecule has 0 radical (unpaired) electrons. The molecule has 0 spiro atoms. The first-order valence-corrected chi connectivity index (χ1v) is 5.88. The Morgan fingerprint density at radius 3 is 2.53 bits per heavy atom. The minimum absolute atomic E-state index is 0.0590. The molecular formula is C10H21N2O2P. The van der Waals surface area contributed by atoms with Gasteiger partial charge in [0.1, 0.15) is 6.29 Å². The summed E-state index contributed by atoms with van der Waals surface area (Å²) >= 11 is 0. The van der Waals surface area contributed by atoms with E-state index in [1.54, 1.807) is 0 Å². The molecule has 1 amide bonds. The van der Waals surface area contributed by atoms with Crippen LogP contribution in [0.25, 0.3) is 0 Å². The largest absolute Gasteiger partial charge is 0.346 e. The predicted octanol–water partition coefficient (Wildman–Crippen LogP) is 0.876. The second-order valence-electron chi connectivity index (χ2n) is 3.86. The summed E-state index contributed by atoms with van der Waals surface area (Å²) in [5, 5.41) is 5.67. The second-order valence-corrected chi connectivity index (χ2v) is 4.26. The number of aldehydes is 1. The first kappa shape index (κ1) is 14.5. The molecule has 4 nitrogen and oxygen atoms in total. The zero-order valence-electron chi connectivity index (χ0n) is 9.45. The number of carbonyl (C=O) groups is 2. The average Bonchev–Trinajstić information content (AvgIpc) is 2.22. The third-order valence-electron chi connectivity index (χ3n) is 2.10. The maximum Gasteiger partial charge on any atom is 0.223 e. The van der Waals surface area contributed by atoms with Gasteiger partial charge in [0.05, 0.1) is 6.04 Å². The standard InChI is InChI=1S/C10H21N2O2P/c1-8(2)10(14)12-9(7-13)5-3-4-6-11-15/h7-9,11H,3-6,15H2,1-2H3,(H,12,14). The summed E-state index contributed by atoms with van der Waals surface area (Å²) in [4.78, 5) is 22.0. The van der Waals surface area contributed by atoms with Gasteiger partial charge in [-0.3, -0.25) is 4.79 Å². The van der Waals surface area contributed by atoms with Crippen molar-refractivity contribution in [3.05, 3.63) is 0 Å². The van der Waals surface area contributed by atoms with Crippen molar-refractivity contribution in [2.24, 2.45) is 5.92 Å². The van der Waals surface area contributed by atoms with Crippen LogP contribution in [-0.2, 0) is 9.59 Å². The molecule has 15 heavy (non-hydrogen) atoms. The molecule has 2 atom stereocenters. The van der Waals surface area contributed by atoms with Crippen LogP contribution in [0.15, 0.2) is 0 Å². The fourth-order valence-electron chi connectivity index (χ4n) is 1.11. The van der Waals surface area contributed by atoms with Crippen LogP contribution in [0.5, 0.6) is 0 Å². The molecule has 0 saturated heterocycles. The first-order chi connectivity index (χ1) is 7.11. The lowest BCUT2D eigenvalue weighted by Gasteiger charge is -2.14. The van der Waals surface area contributed by atoms with Crippen LogP contribution in [0, 0.1) is 5.92 Å². The summed E-state index contributed by atoms with van der Waals surface area (Å²) < 4.78 is 0. The number of unbranched alkanes of at least 4 members (excludes halogenated alkanes) is 1. The molecule has 0 aliphatic rings. The van der Waals surface area contributed by atoms with Gasteiger partial charge in [0.25, 0.3) is 0 Å². The lowest BCUT2D eigenvalue weighted by atomic mass is 10.1.